The van der Waals surface area contributed by atoms with Crippen molar-refractivity contribution < 1.29 is 9.53 Å². The summed E-state index contributed by atoms with van der Waals surface area (Å²) in [6, 6.07) is 7.79. The minimum atomic E-state index is -0.535. The van der Waals surface area contributed by atoms with E-state index in [1.165, 1.54) is 6.33 Å². The van der Waals surface area contributed by atoms with Gasteiger partial charge in [-0.2, -0.15) is 5.10 Å². The predicted molar refractivity (Wildman–Crippen MR) is 70.7 cm³/mol. The van der Waals surface area contributed by atoms with Gasteiger partial charge in [0, 0.05) is 7.05 Å². The van der Waals surface area contributed by atoms with Crippen LogP contribution in [0.15, 0.2) is 30.6 Å². The highest BCUT2D eigenvalue weighted by Gasteiger charge is 2.28. The van der Waals surface area contributed by atoms with Crippen LogP contribution in [0.2, 0.25) is 0 Å². The van der Waals surface area contributed by atoms with Gasteiger partial charge in [-0.25, -0.2) is 4.98 Å². The molecule has 0 spiro atoms. The zero-order chi connectivity index (χ0) is 13.8. The fraction of sp³-hybridized carbons (Fsp3) is 0.357. The Morgan fingerprint density at radius 2 is 2.26 bits per heavy atom. The van der Waals surface area contributed by atoms with Gasteiger partial charge in [0.2, 0.25) is 0 Å². The van der Waals surface area contributed by atoms with Gasteiger partial charge in [-0.05, 0) is 19.4 Å². The standard InChI is InChI=1S/C14H17N3O2/c1-4-19-14(18)12(13-15-9-16-17(13)3)11-7-5-6-10(2)8-11/h5-9,12H,4H2,1-3H3. The lowest BCUT2D eigenvalue weighted by Crippen LogP contribution is -2.21. The van der Waals surface area contributed by atoms with Crippen molar-refractivity contribution in [2.45, 2.75) is 19.8 Å². The molecule has 0 fully saturated rings. The highest BCUT2D eigenvalue weighted by molar-refractivity contribution is 5.81. The molecule has 1 unspecified atom stereocenters. The topological polar surface area (TPSA) is 57.0 Å². The summed E-state index contributed by atoms with van der Waals surface area (Å²) in [6.45, 7) is 4.13. The monoisotopic (exact) mass is 259 g/mol. The first-order valence-corrected chi connectivity index (χ1v) is 6.20. The number of hydrogen-bond acceptors (Lipinski definition) is 4. The fourth-order valence-electron chi connectivity index (χ4n) is 2.03. The average Bonchev–Trinajstić information content (AvgIpc) is 2.77. The summed E-state index contributed by atoms with van der Waals surface area (Å²) in [4.78, 5) is 16.4. The van der Waals surface area contributed by atoms with Gasteiger partial charge in [0.05, 0.1) is 6.61 Å². The second-order valence-corrected chi connectivity index (χ2v) is 4.34. The number of carbonyl (C=O) groups is 1. The second kappa shape index (κ2) is 5.65. The third kappa shape index (κ3) is 2.81. The molecule has 0 N–H and O–H groups in total. The highest BCUT2D eigenvalue weighted by atomic mass is 16.5. The number of aromatic nitrogens is 3. The van der Waals surface area contributed by atoms with Crippen molar-refractivity contribution in [3.8, 4) is 0 Å². The van der Waals surface area contributed by atoms with Crippen molar-refractivity contribution in [3.63, 3.8) is 0 Å². The van der Waals surface area contributed by atoms with Crippen molar-refractivity contribution in [3.05, 3.63) is 47.5 Å². The quantitative estimate of drug-likeness (QED) is 0.786. The van der Waals surface area contributed by atoms with Crippen LogP contribution in [0.1, 0.15) is 29.8 Å². The van der Waals surface area contributed by atoms with Gasteiger partial charge in [-0.15, -0.1) is 0 Å². The normalized spacial score (nSPS) is 12.2. The van der Waals surface area contributed by atoms with Gasteiger partial charge in [0.15, 0.2) is 0 Å². The van der Waals surface area contributed by atoms with Crippen LogP contribution in [0.3, 0.4) is 0 Å². The van der Waals surface area contributed by atoms with Gasteiger partial charge in [0.1, 0.15) is 18.1 Å². The summed E-state index contributed by atoms with van der Waals surface area (Å²) in [6.07, 6.45) is 1.44. The van der Waals surface area contributed by atoms with E-state index in [1.54, 1.807) is 18.7 Å². The Morgan fingerprint density at radius 3 is 2.84 bits per heavy atom. The Morgan fingerprint density at radius 1 is 1.47 bits per heavy atom. The summed E-state index contributed by atoms with van der Waals surface area (Å²) in [7, 11) is 1.77. The van der Waals surface area contributed by atoms with E-state index in [0.29, 0.717) is 12.4 Å². The maximum Gasteiger partial charge on any atom is 0.321 e. The number of ether oxygens (including phenoxy) is 1. The van der Waals surface area contributed by atoms with E-state index >= 15 is 0 Å². The van der Waals surface area contributed by atoms with Crippen LogP contribution in [0.25, 0.3) is 0 Å². The highest BCUT2D eigenvalue weighted by Crippen LogP contribution is 2.24. The molecular weight excluding hydrogens is 242 g/mol. The van der Waals surface area contributed by atoms with E-state index in [1.807, 2.05) is 31.2 Å². The third-order valence-electron chi connectivity index (χ3n) is 2.90. The van der Waals surface area contributed by atoms with Gasteiger partial charge < -0.3 is 4.74 Å². The van der Waals surface area contributed by atoms with E-state index in [9.17, 15) is 4.79 Å². The molecule has 0 aliphatic carbocycles. The van der Waals surface area contributed by atoms with E-state index in [2.05, 4.69) is 10.1 Å². The summed E-state index contributed by atoms with van der Waals surface area (Å²) in [5.41, 5.74) is 1.96. The van der Waals surface area contributed by atoms with E-state index in [-0.39, 0.29) is 5.97 Å². The van der Waals surface area contributed by atoms with Crippen LogP contribution < -0.4 is 0 Å². The lowest BCUT2D eigenvalue weighted by molar-refractivity contribution is -0.144. The fourth-order valence-corrected chi connectivity index (χ4v) is 2.03. The molecule has 100 valence electrons. The maximum atomic E-state index is 12.2. The van der Waals surface area contributed by atoms with E-state index in [4.69, 9.17) is 4.74 Å². The van der Waals surface area contributed by atoms with E-state index in [0.717, 1.165) is 11.1 Å². The molecule has 0 saturated heterocycles. The van der Waals surface area contributed by atoms with Crippen LogP contribution in [-0.2, 0) is 16.6 Å². The second-order valence-electron chi connectivity index (χ2n) is 4.34. The van der Waals surface area contributed by atoms with Crippen LogP contribution in [0, 0.1) is 6.92 Å². The molecule has 2 aromatic rings. The van der Waals surface area contributed by atoms with Crippen molar-refractivity contribution in [2.75, 3.05) is 6.61 Å². The first-order valence-electron chi connectivity index (χ1n) is 6.20. The molecule has 1 heterocycles. The number of aryl methyl sites for hydroxylation is 2. The zero-order valence-electron chi connectivity index (χ0n) is 11.3. The first kappa shape index (κ1) is 13.3. The van der Waals surface area contributed by atoms with Gasteiger partial charge >= 0.3 is 5.97 Å². The minimum Gasteiger partial charge on any atom is -0.465 e. The predicted octanol–water partition coefficient (Wildman–Crippen LogP) is 1.82. The Balaban J connectivity index is 2.46. The molecule has 0 saturated carbocycles. The van der Waals surface area contributed by atoms with Crippen LogP contribution in [-0.4, -0.2) is 27.3 Å². The molecule has 5 nitrogen and oxygen atoms in total. The number of rotatable bonds is 4. The molecule has 1 aromatic heterocycles. The lowest BCUT2D eigenvalue weighted by atomic mass is 9.97. The molecule has 0 aliphatic rings. The van der Waals surface area contributed by atoms with Crippen LogP contribution in [0.5, 0.6) is 0 Å². The summed E-state index contributed by atoms with van der Waals surface area (Å²) in [5.74, 6) is -0.249. The molecule has 5 heteroatoms. The molecule has 0 amide bonds. The Kier molecular flexibility index (Phi) is 3.94. The van der Waals surface area contributed by atoms with Crippen molar-refractivity contribution in [1.29, 1.82) is 0 Å². The van der Waals surface area contributed by atoms with Crippen LogP contribution in [0.4, 0.5) is 0 Å². The molecule has 1 atom stereocenters. The largest absolute Gasteiger partial charge is 0.465 e. The average molecular weight is 259 g/mol. The van der Waals surface area contributed by atoms with Crippen molar-refractivity contribution >= 4 is 5.97 Å². The van der Waals surface area contributed by atoms with Gasteiger partial charge in [0.25, 0.3) is 0 Å². The summed E-state index contributed by atoms with van der Waals surface area (Å²) in [5, 5.41) is 4.03. The maximum absolute atomic E-state index is 12.2. The first-order chi connectivity index (χ1) is 9.13. The SMILES string of the molecule is CCOC(=O)C(c1cccc(C)c1)c1ncnn1C. The number of hydrogen-bond donors (Lipinski definition) is 0. The molecule has 1 aromatic carbocycles. The Labute approximate surface area is 112 Å². The smallest absolute Gasteiger partial charge is 0.321 e. The number of esters is 1. The van der Waals surface area contributed by atoms with Crippen molar-refractivity contribution in [2.24, 2.45) is 7.05 Å². The van der Waals surface area contributed by atoms with E-state index < -0.39 is 5.92 Å². The summed E-state index contributed by atoms with van der Waals surface area (Å²) < 4.78 is 6.76. The molecular formula is C14H17N3O2. The Bertz CT molecular complexity index is 578. The zero-order valence-corrected chi connectivity index (χ0v) is 11.3. The number of carbonyl (C=O) groups excluding carboxylic acids is 1. The molecule has 0 radical (unpaired) electrons. The lowest BCUT2D eigenvalue weighted by Gasteiger charge is -2.15. The Hall–Kier alpha value is -2.17. The molecule has 19 heavy (non-hydrogen) atoms. The third-order valence-corrected chi connectivity index (χ3v) is 2.90. The van der Waals surface area contributed by atoms with Gasteiger partial charge in [-0.3, -0.25) is 9.48 Å². The van der Waals surface area contributed by atoms with Gasteiger partial charge in [-0.1, -0.05) is 29.8 Å². The molecule has 0 aliphatic heterocycles. The van der Waals surface area contributed by atoms with Crippen molar-refractivity contribution in [1.82, 2.24) is 14.8 Å². The molecule has 0 bridgehead atoms. The summed E-state index contributed by atoms with van der Waals surface area (Å²) >= 11 is 0. The van der Waals surface area contributed by atoms with Crippen LogP contribution >= 0.6 is 0 Å². The number of nitrogens with zero attached hydrogens (tertiary/aromatic N) is 3. The minimum absolute atomic E-state index is 0.302. The molecule has 2 rings (SSSR count). The number of benzene rings is 1.